The van der Waals surface area contributed by atoms with Crippen molar-refractivity contribution in [2.24, 2.45) is 0 Å². The number of thioether (sulfide) groups is 1. The number of aryl methyl sites for hydroxylation is 1. The van der Waals surface area contributed by atoms with Crippen LogP contribution in [0, 0.1) is 0 Å². The van der Waals surface area contributed by atoms with Gasteiger partial charge in [0.15, 0.2) is 11.0 Å². The van der Waals surface area contributed by atoms with E-state index in [1.165, 1.54) is 39.8 Å². The molecule has 0 saturated carbocycles. The molecule has 160 valence electrons. The molecular weight excluding hydrogens is 420 g/mol. The van der Waals surface area contributed by atoms with E-state index >= 15 is 0 Å². The summed E-state index contributed by atoms with van der Waals surface area (Å²) in [6.07, 6.45) is 5.65. The van der Waals surface area contributed by atoms with Crippen molar-refractivity contribution in [2.75, 3.05) is 12.3 Å². The normalized spacial score (nSPS) is 16.8. The number of hydrogen-bond acceptors (Lipinski definition) is 8. The molecule has 3 aromatic rings. The van der Waals surface area contributed by atoms with Crippen molar-refractivity contribution in [3.8, 4) is 5.82 Å². The van der Waals surface area contributed by atoms with Crippen LogP contribution in [0.15, 0.2) is 39.5 Å². The first-order chi connectivity index (χ1) is 15.1. The number of carbonyl (C=O) groups is 1. The Bertz CT molecular complexity index is 1250. The van der Waals surface area contributed by atoms with E-state index < -0.39 is 0 Å². The molecule has 0 aromatic carbocycles. The van der Waals surface area contributed by atoms with Crippen molar-refractivity contribution < 1.29 is 4.79 Å². The maximum Gasteiger partial charge on any atom is 0.266 e. The zero-order chi connectivity index (χ0) is 21.4. The van der Waals surface area contributed by atoms with Crippen molar-refractivity contribution in [3.63, 3.8) is 0 Å². The Balaban J connectivity index is 1.21. The van der Waals surface area contributed by atoms with Crippen molar-refractivity contribution in [3.05, 3.63) is 56.8 Å². The van der Waals surface area contributed by atoms with Gasteiger partial charge < -0.3 is 5.32 Å². The molecule has 31 heavy (non-hydrogen) atoms. The number of rotatable bonds is 6. The average Bonchev–Trinajstić information content (AvgIpc) is 3.51. The van der Waals surface area contributed by atoms with Gasteiger partial charge in [0, 0.05) is 30.3 Å². The number of nitrogens with zero attached hydrogens (tertiary/aromatic N) is 7. The lowest BCUT2D eigenvalue weighted by Gasteiger charge is -2.14. The summed E-state index contributed by atoms with van der Waals surface area (Å²) in [4.78, 5) is 45.9. The molecule has 0 bridgehead atoms. The second-order valence-corrected chi connectivity index (χ2v) is 8.45. The fourth-order valence-electron chi connectivity index (χ4n) is 3.94. The SMILES string of the molecule is O=C(C[C@@H]1CSc2nc3c(c(=O)n21)CCC3)NCCn1nc(-n2cncn2)ccc1=O. The topological polar surface area (TPSA) is 130 Å². The Morgan fingerprint density at radius 2 is 2.16 bits per heavy atom. The fraction of sp³-hybridized carbons (Fsp3) is 0.421. The van der Waals surface area contributed by atoms with Crippen LogP contribution in [0.4, 0.5) is 0 Å². The van der Waals surface area contributed by atoms with E-state index in [2.05, 4.69) is 25.5 Å². The first-order valence-electron chi connectivity index (χ1n) is 10.1. The molecule has 0 spiro atoms. The largest absolute Gasteiger partial charge is 0.354 e. The Kier molecular flexibility index (Phi) is 5.14. The van der Waals surface area contributed by atoms with Crippen LogP contribution in [-0.2, 0) is 24.2 Å². The highest BCUT2D eigenvalue weighted by atomic mass is 32.2. The third kappa shape index (κ3) is 3.78. The number of fused-ring (bicyclic) bond motifs is 2. The number of nitrogens with one attached hydrogen (secondary N) is 1. The van der Waals surface area contributed by atoms with Crippen LogP contribution in [0.1, 0.15) is 30.1 Å². The van der Waals surface area contributed by atoms with Crippen LogP contribution < -0.4 is 16.4 Å². The summed E-state index contributed by atoms with van der Waals surface area (Å²) in [6, 6.07) is 2.75. The molecule has 1 aliphatic heterocycles. The first-order valence-corrected chi connectivity index (χ1v) is 11.1. The van der Waals surface area contributed by atoms with Crippen LogP contribution in [0.5, 0.6) is 0 Å². The third-order valence-corrected chi connectivity index (χ3v) is 6.54. The van der Waals surface area contributed by atoms with Crippen molar-refractivity contribution in [1.82, 2.24) is 39.4 Å². The summed E-state index contributed by atoms with van der Waals surface area (Å²) >= 11 is 1.52. The second-order valence-electron chi connectivity index (χ2n) is 7.46. The number of hydrogen-bond donors (Lipinski definition) is 1. The molecule has 0 radical (unpaired) electrons. The van der Waals surface area contributed by atoms with Crippen LogP contribution in [0.25, 0.3) is 5.82 Å². The van der Waals surface area contributed by atoms with Crippen LogP contribution >= 0.6 is 11.8 Å². The molecule has 1 N–H and O–H groups in total. The zero-order valence-corrected chi connectivity index (χ0v) is 17.4. The predicted octanol–water partition coefficient (Wildman–Crippen LogP) is -0.277. The quantitative estimate of drug-likeness (QED) is 0.518. The van der Waals surface area contributed by atoms with Crippen molar-refractivity contribution in [2.45, 2.75) is 43.4 Å². The molecule has 0 unspecified atom stereocenters. The Hall–Kier alpha value is -3.28. The molecule has 0 saturated heterocycles. The fourth-order valence-corrected chi connectivity index (χ4v) is 5.09. The highest BCUT2D eigenvalue weighted by molar-refractivity contribution is 7.99. The first kappa shape index (κ1) is 19.7. The highest BCUT2D eigenvalue weighted by Gasteiger charge is 2.31. The van der Waals surface area contributed by atoms with E-state index in [1.54, 1.807) is 10.6 Å². The Morgan fingerprint density at radius 1 is 1.26 bits per heavy atom. The van der Waals surface area contributed by atoms with Gasteiger partial charge >= 0.3 is 0 Å². The van der Waals surface area contributed by atoms with Crippen molar-refractivity contribution >= 4 is 17.7 Å². The van der Waals surface area contributed by atoms with Gasteiger partial charge in [-0.25, -0.2) is 19.3 Å². The van der Waals surface area contributed by atoms with Gasteiger partial charge in [0.25, 0.3) is 11.1 Å². The van der Waals surface area contributed by atoms with Gasteiger partial charge in [-0.3, -0.25) is 19.0 Å². The van der Waals surface area contributed by atoms with Crippen molar-refractivity contribution in [1.29, 1.82) is 0 Å². The van der Waals surface area contributed by atoms with Gasteiger partial charge in [-0.2, -0.15) is 5.10 Å². The van der Waals surface area contributed by atoms with E-state index in [0.29, 0.717) is 16.7 Å². The molecule has 1 amide bonds. The highest BCUT2D eigenvalue weighted by Crippen LogP contribution is 2.33. The Labute approximate surface area is 180 Å². The molecule has 12 heteroatoms. The van der Waals surface area contributed by atoms with E-state index in [4.69, 9.17) is 0 Å². The smallest absolute Gasteiger partial charge is 0.266 e. The second kappa shape index (κ2) is 8.10. The summed E-state index contributed by atoms with van der Waals surface area (Å²) in [5.41, 5.74) is 1.45. The van der Waals surface area contributed by atoms with E-state index in [0.717, 1.165) is 30.5 Å². The minimum Gasteiger partial charge on any atom is -0.354 e. The summed E-state index contributed by atoms with van der Waals surface area (Å²) in [7, 11) is 0. The third-order valence-electron chi connectivity index (χ3n) is 5.45. The minimum absolute atomic E-state index is 0.000906. The number of carbonyl (C=O) groups excluding carboxylic acids is 1. The molecule has 11 nitrogen and oxygen atoms in total. The molecule has 1 atom stereocenters. The maximum atomic E-state index is 12.8. The van der Waals surface area contributed by atoms with Gasteiger partial charge in [0.05, 0.1) is 18.3 Å². The lowest BCUT2D eigenvalue weighted by atomic mass is 10.2. The Morgan fingerprint density at radius 3 is 3.00 bits per heavy atom. The molecule has 4 heterocycles. The van der Waals surface area contributed by atoms with Gasteiger partial charge in [0.1, 0.15) is 12.7 Å². The van der Waals surface area contributed by atoms with E-state index in [1.807, 2.05) is 0 Å². The van der Waals surface area contributed by atoms with E-state index in [9.17, 15) is 14.4 Å². The standard InChI is InChI=1S/C19H20N8O3S/c28-16(8-12-9-31-19-23-14-3-1-2-13(14)18(30)27(12)19)21-6-7-25-17(29)5-4-15(24-25)26-11-20-10-22-26/h4-5,10-12H,1-3,6-9H2,(H,21,28)/t12-/m1/s1. The maximum absolute atomic E-state index is 12.8. The summed E-state index contributed by atoms with van der Waals surface area (Å²) in [5.74, 6) is 0.938. The molecule has 5 rings (SSSR count). The lowest BCUT2D eigenvalue weighted by molar-refractivity contribution is -0.121. The summed E-state index contributed by atoms with van der Waals surface area (Å²) < 4.78 is 4.41. The molecular formula is C19H20N8O3S. The number of amides is 1. The van der Waals surface area contributed by atoms with Gasteiger partial charge in [-0.05, 0) is 25.3 Å². The van der Waals surface area contributed by atoms with Gasteiger partial charge in [0.2, 0.25) is 5.91 Å². The van der Waals surface area contributed by atoms with Crippen LogP contribution in [0.2, 0.25) is 0 Å². The monoisotopic (exact) mass is 440 g/mol. The summed E-state index contributed by atoms with van der Waals surface area (Å²) in [5, 5.41) is 11.8. The minimum atomic E-state index is -0.272. The average molecular weight is 440 g/mol. The zero-order valence-electron chi connectivity index (χ0n) is 16.6. The lowest BCUT2D eigenvalue weighted by Crippen LogP contribution is -2.35. The van der Waals surface area contributed by atoms with E-state index in [-0.39, 0.29) is 42.6 Å². The molecule has 2 aliphatic rings. The van der Waals surface area contributed by atoms with Gasteiger partial charge in [-0.15, -0.1) is 5.10 Å². The summed E-state index contributed by atoms with van der Waals surface area (Å²) in [6.45, 7) is 0.467. The van der Waals surface area contributed by atoms with Gasteiger partial charge in [-0.1, -0.05) is 11.8 Å². The number of aromatic nitrogens is 7. The van der Waals surface area contributed by atoms with Crippen LogP contribution in [-0.4, -0.2) is 52.3 Å². The molecule has 3 aromatic heterocycles. The molecule has 0 fully saturated rings. The predicted molar refractivity (Wildman–Crippen MR) is 111 cm³/mol. The molecule has 1 aliphatic carbocycles. The van der Waals surface area contributed by atoms with Crippen LogP contribution in [0.3, 0.4) is 0 Å².